The van der Waals surface area contributed by atoms with Crippen LogP contribution in [0.15, 0.2) is 30.5 Å². The molecule has 0 aliphatic carbocycles. The lowest BCUT2D eigenvalue weighted by Gasteiger charge is -2.14. The maximum Gasteiger partial charge on any atom is 0.230 e. The van der Waals surface area contributed by atoms with Gasteiger partial charge in [0.05, 0.1) is 21.5 Å². The second-order valence-electron chi connectivity index (χ2n) is 4.74. The molecule has 1 aromatic heterocycles. The Labute approximate surface area is 154 Å². The van der Waals surface area contributed by atoms with Crippen molar-refractivity contribution >= 4 is 40.1 Å². The van der Waals surface area contributed by atoms with Crippen molar-refractivity contribution in [3.8, 4) is 35.1 Å². The molecule has 0 fully saturated rings. The van der Waals surface area contributed by atoms with Gasteiger partial charge in [0, 0.05) is 11.8 Å². The minimum atomic E-state index is -0.739. The average Bonchev–Trinajstić information content (AvgIpc) is 2.54. The molecule has 0 bridgehead atoms. The molecular weight excluding hydrogens is 369 g/mol. The van der Waals surface area contributed by atoms with E-state index in [4.69, 9.17) is 34.4 Å². The summed E-state index contributed by atoms with van der Waals surface area (Å²) < 4.78 is 5.48. The number of ether oxygens (including phenoxy) is 1. The molecule has 2 aromatic rings. The lowest BCUT2D eigenvalue weighted by atomic mass is 10.1. The Morgan fingerprint density at radius 2 is 2.21 bits per heavy atom. The van der Waals surface area contributed by atoms with Crippen LogP contribution in [0.3, 0.4) is 0 Å². The van der Waals surface area contributed by atoms with Crippen LogP contribution >= 0.6 is 35.0 Å². The van der Waals surface area contributed by atoms with Crippen LogP contribution in [0.25, 0.3) is 11.3 Å². The van der Waals surface area contributed by atoms with E-state index in [1.807, 2.05) is 0 Å². The number of thioether (sulfide) groups is 1. The van der Waals surface area contributed by atoms with E-state index in [1.165, 1.54) is 12.3 Å². The van der Waals surface area contributed by atoms with Crippen LogP contribution in [-0.4, -0.2) is 27.1 Å². The van der Waals surface area contributed by atoms with Crippen molar-refractivity contribution in [1.29, 1.82) is 0 Å². The number of aromatic nitrogens is 1. The highest BCUT2D eigenvalue weighted by Gasteiger charge is 2.17. The first-order valence-electron chi connectivity index (χ1n) is 6.83. The molecule has 1 aromatic carbocycles. The van der Waals surface area contributed by atoms with E-state index in [0.717, 1.165) is 11.8 Å². The third kappa shape index (κ3) is 4.57. The zero-order valence-corrected chi connectivity index (χ0v) is 15.0. The molecule has 0 spiro atoms. The summed E-state index contributed by atoms with van der Waals surface area (Å²) in [4.78, 5) is 16.0. The van der Waals surface area contributed by atoms with E-state index in [0.29, 0.717) is 21.3 Å². The molecule has 0 aliphatic heterocycles. The van der Waals surface area contributed by atoms with Crippen LogP contribution < -0.4 is 4.74 Å². The number of pyridine rings is 1. The van der Waals surface area contributed by atoms with Gasteiger partial charge in [-0.3, -0.25) is 9.78 Å². The topological polar surface area (TPSA) is 59.4 Å². The summed E-state index contributed by atoms with van der Waals surface area (Å²) in [6.45, 7) is 1.59. The largest absolute Gasteiger partial charge is 0.504 e. The van der Waals surface area contributed by atoms with Gasteiger partial charge in [-0.05, 0) is 31.2 Å². The molecule has 4 nitrogen and oxygen atoms in total. The minimum Gasteiger partial charge on any atom is -0.504 e. The van der Waals surface area contributed by atoms with Crippen molar-refractivity contribution in [2.75, 3.05) is 5.75 Å². The number of hydrogen-bond donors (Lipinski definition) is 1. The van der Waals surface area contributed by atoms with Crippen LogP contribution in [0.5, 0.6) is 11.5 Å². The van der Waals surface area contributed by atoms with Gasteiger partial charge < -0.3 is 9.84 Å². The van der Waals surface area contributed by atoms with Gasteiger partial charge in [0.25, 0.3) is 0 Å². The Balaban J connectivity index is 2.18. The first-order valence-corrected chi connectivity index (χ1v) is 8.57. The molecule has 7 heteroatoms. The van der Waals surface area contributed by atoms with Gasteiger partial charge in [-0.1, -0.05) is 40.9 Å². The molecule has 2 rings (SSSR count). The zero-order valence-electron chi connectivity index (χ0n) is 12.6. The fraction of sp³-hybridized carbons (Fsp3) is 0.176. The summed E-state index contributed by atoms with van der Waals surface area (Å²) in [6, 6.07) is 6.26. The maximum atomic E-state index is 11.8. The van der Waals surface area contributed by atoms with E-state index in [1.54, 1.807) is 25.1 Å². The predicted molar refractivity (Wildman–Crippen MR) is 97.7 cm³/mol. The molecule has 0 saturated carbocycles. The summed E-state index contributed by atoms with van der Waals surface area (Å²) in [6.07, 6.45) is 5.85. The normalized spacial score (nSPS) is 11.6. The fourth-order valence-electron chi connectivity index (χ4n) is 1.86. The highest BCUT2D eigenvalue weighted by Crippen LogP contribution is 2.35. The molecule has 24 heavy (non-hydrogen) atoms. The monoisotopic (exact) mass is 381 g/mol. The van der Waals surface area contributed by atoms with Crippen LogP contribution in [-0.2, 0) is 4.79 Å². The summed E-state index contributed by atoms with van der Waals surface area (Å²) in [5.41, 5.74) is 1.08. The third-order valence-electron chi connectivity index (χ3n) is 2.97. The summed E-state index contributed by atoms with van der Waals surface area (Å²) >= 11 is 12.9. The molecule has 124 valence electrons. The Morgan fingerprint density at radius 3 is 2.83 bits per heavy atom. The van der Waals surface area contributed by atoms with Crippen molar-refractivity contribution in [3.05, 3.63) is 40.5 Å². The number of carbonyl (C=O) groups is 1. The maximum absolute atomic E-state index is 11.8. The first kappa shape index (κ1) is 18.5. The van der Waals surface area contributed by atoms with Crippen LogP contribution in [0.4, 0.5) is 0 Å². The van der Waals surface area contributed by atoms with E-state index >= 15 is 0 Å². The number of benzene rings is 1. The Kier molecular flexibility index (Phi) is 6.38. The van der Waals surface area contributed by atoms with E-state index in [-0.39, 0.29) is 22.4 Å². The highest BCUT2D eigenvalue weighted by molar-refractivity contribution is 8.13. The zero-order chi connectivity index (χ0) is 17.7. The van der Waals surface area contributed by atoms with Crippen molar-refractivity contribution in [2.24, 2.45) is 0 Å². The van der Waals surface area contributed by atoms with Gasteiger partial charge in [0.2, 0.25) is 5.12 Å². The Morgan fingerprint density at radius 1 is 1.46 bits per heavy atom. The van der Waals surface area contributed by atoms with E-state index < -0.39 is 6.10 Å². The SMILES string of the molecule is C#CCSC(=O)C(C)Oc1ccc(-c2ncc(Cl)cc2Cl)cc1O. The van der Waals surface area contributed by atoms with Crippen molar-refractivity contribution in [1.82, 2.24) is 4.98 Å². The Hall–Kier alpha value is -1.87. The number of hydrogen-bond acceptors (Lipinski definition) is 5. The van der Waals surface area contributed by atoms with Gasteiger partial charge in [0.1, 0.15) is 0 Å². The number of phenols is 1. The molecule has 1 N–H and O–H groups in total. The second-order valence-corrected chi connectivity index (χ2v) is 6.56. The first-order chi connectivity index (χ1) is 11.4. The van der Waals surface area contributed by atoms with Crippen LogP contribution in [0.1, 0.15) is 6.92 Å². The van der Waals surface area contributed by atoms with Crippen molar-refractivity contribution in [2.45, 2.75) is 13.0 Å². The summed E-state index contributed by atoms with van der Waals surface area (Å²) in [7, 11) is 0. The number of aromatic hydroxyl groups is 1. The molecular formula is C17H13Cl2NO3S. The van der Waals surface area contributed by atoms with Gasteiger partial charge in [-0.2, -0.15) is 0 Å². The minimum absolute atomic E-state index is 0.123. The molecule has 1 atom stereocenters. The standard InChI is InChI=1S/C17H13Cl2NO3S/c1-3-6-24-17(22)10(2)23-15-5-4-11(7-14(15)21)16-13(19)8-12(18)9-20-16/h1,4-5,7-10,21H,6H2,2H3. The van der Waals surface area contributed by atoms with Crippen molar-refractivity contribution in [3.63, 3.8) is 0 Å². The molecule has 0 aliphatic rings. The van der Waals surface area contributed by atoms with Crippen LogP contribution in [0, 0.1) is 12.3 Å². The van der Waals surface area contributed by atoms with Gasteiger partial charge in [-0.25, -0.2) is 0 Å². The number of phenolic OH excluding ortho intramolecular Hbond substituents is 1. The number of terminal acetylenes is 1. The number of nitrogens with zero attached hydrogens (tertiary/aromatic N) is 1. The summed E-state index contributed by atoms with van der Waals surface area (Å²) in [5.74, 6) is 2.71. The van der Waals surface area contributed by atoms with Crippen molar-refractivity contribution < 1.29 is 14.6 Å². The van der Waals surface area contributed by atoms with Gasteiger partial charge in [-0.15, -0.1) is 6.42 Å². The lowest BCUT2D eigenvalue weighted by molar-refractivity contribution is -0.116. The number of carbonyl (C=O) groups excluding carboxylic acids is 1. The number of halogens is 2. The highest BCUT2D eigenvalue weighted by atomic mass is 35.5. The quantitative estimate of drug-likeness (QED) is 0.776. The van der Waals surface area contributed by atoms with Gasteiger partial charge >= 0.3 is 0 Å². The summed E-state index contributed by atoms with van der Waals surface area (Å²) in [5, 5.41) is 10.7. The second kappa shape index (κ2) is 8.29. The molecule has 0 amide bonds. The smallest absolute Gasteiger partial charge is 0.230 e. The van der Waals surface area contributed by atoms with E-state index in [2.05, 4.69) is 10.9 Å². The van der Waals surface area contributed by atoms with E-state index in [9.17, 15) is 9.90 Å². The predicted octanol–water partition coefficient (Wildman–Crippen LogP) is 4.42. The molecule has 0 saturated heterocycles. The lowest BCUT2D eigenvalue weighted by Crippen LogP contribution is -2.21. The third-order valence-corrected chi connectivity index (χ3v) is 4.40. The average molecular weight is 382 g/mol. The molecule has 0 radical (unpaired) electrons. The Bertz CT molecular complexity index is 805. The van der Waals surface area contributed by atoms with Gasteiger partial charge in [0.15, 0.2) is 17.6 Å². The fourth-order valence-corrected chi connectivity index (χ4v) is 2.86. The molecule has 1 heterocycles. The van der Waals surface area contributed by atoms with Crippen LogP contribution in [0.2, 0.25) is 10.0 Å². The number of rotatable bonds is 5. The molecule has 1 unspecified atom stereocenters.